The highest BCUT2D eigenvalue weighted by molar-refractivity contribution is 6.32. The molecule has 0 atom stereocenters. The third-order valence-corrected chi connectivity index (χ3v) is 5.46. The topological polar surface area (TPSA) is 46.5 Å². The van der Waals surface area contributed by atoms with Crippen LogP contribution in [0, 0.1) is 13.8 Å². The van der Waals surface area contributed by atoms with Crippen molar-refractivity contribution in [3.8, 4) is 5.75 Å². The highest BCUT2D eigenvalue weighted by atomic mass is 35.5. The predicted octanol–water partition coefficient (Wildman–Crippen LogP) is 5.86. The smallest absolute Gasteiger partial charge is 0.332 e. The van der Waals surface area contributed by atoms with Crippen molar-refractivity contribution in [1.82, 2.24) is 0 Å². The summed E-state index contributed by atoms with van der Waals surface area (Å²) in [7, 11) is 0. The maximum Gasteiger partial charge on any atom is 0.332 e. The molecule has 2 aromatic rings. The van der Waals surface area contributed by atoms with E-state index >= 15 is 0 Å². The van der Waals surface area contributed by atoms with Gasteiger partial charge in [-0.2, -0.15) is 0 Å². The summed E-state index contributed by atoms with van der Waals surface area (Å²) in [5.41, 5.74) is 5.29. The van der Waals surface area contributed by atoms with Crippen LogP contribution in [0.2, 0.25) is 10.0 Å². The van der Waals surface area contributed by atoms with Gasteiger partial charge in [0.15, 0.2) is 0 Å². The molecule has 136 valence electrons. The van der Waals surface area contributed by atoms with Crippen molar-refractivity contribution in [3.05, 3.63) is 68.2 Å². The molecular weight excluding hydrogens is 371 g/mol. The first-order valence-electron chi connectivity index (χ1n) is 8.50. The van der Waals surface area contributed by atoms with Gasteiger partial charge >= 0.3 is 5.97 Å². The van der Waals surface area contributed by atoms with E-state index in [1.807, 2.05) is 38.1 Å². The van der Waals surface area contributed by atoms with E-state index < -0.39 is 5.97 Å². The van der Waals surface area contributed by atoms with Gasteiger partial charge in [0.1, 0.15) is 5.75 Å². The van der Waals surface area contributed by atoms with Crippen LogP contribution in [0.1, 0.15) is 35.1 Å². The molecule has 0 aliphatic heterocycles. The van der Waals surface area contributed by atoms with E-state index in [2.05, 4.69) is 0 Å². The van der Waals surface area contributed by atoms with Crippen LogP contribution in [0.3, 0.4) is 0 Å². The highest BCUT2D eigenvalue weighted by Gasteiger charge is 2.25. The zero-order valence-corrected chi connectivity index (χ0v) is 16.2. The molecule has 1 aliphatic carbocycles. The number of carbonyl (C=O) groups is 1. The van der Waals surface area contributed by atoms with E-state index in [1.165, 1.54) is 0 Å². The molecule has 0 spiro atoms. The van der Waals surface area contributed by atoms with Gasteiger partial charge in [0.25, 0.3) is 0 Å². The molecule has 0 saturated heterocycles. The van der Waals surface area contributed by atoms with Gasteiger partial charge in [0.2, 0.25) is 0 Å². The molecule has 26 heavy (non-hydrogen) atoms. The second kappa shape index (κ2) is 7.73. The van der Waals surface area contributed by atoms with E-state index in [0.29, 0.717) is 30.0 Å². The van der Waals surface area contributed by atoms with Gasteiger partial charge in [-0.15, -0.1) is 0 Å². The van der Waals surface area contributed by atoms with Gasteiger partial charge in [-0.3, -0.25) is 0 Å². The van der Waals surface area contributed by atoms with Crippen molar-refractivity contribution in [3.63, 3.8) is 0 Å². The molecule has 0 radical (unpaired) electrons. The van der Waals surface area contributed by atoms with E-state index in [9.17, 15) is 9.90 Å². The summed E-state index contributed by atoms with van der Waals surface area (Å²) in [5.74, 6) is -0.0763. The number of hydrogen-bond acceptors (Lipinski definition) is 2. The van der Waals surface area contributed by atoms with Crippen molar-refractivity contribution in [2.45, 2.75) is 33.1 Å². The second-order valence-corrected chi connectivity index (χ2v) is 7.38. The number of hydrogen-bond donors (Lipinski definition) is 1. The molecule has 3 rings (SSSR count). The Bertz CT molecular complexity index is 877. The molecule has 0 unspecified atom stereocenters. The molecule has 0 saturated carbocycles. The fraction of sp³-hybridized carbons (Fsp3) is 0.286. The zero-order chi connectivity index (χ0) is 18.8. The zero-order valence-electron chi connectivity index (χ0n) is 14.7. The molecule has 0 heterocycles. The number of allylic oxidation sites excluding steroid dienone is 1. The average Bonchev–Trinajstić information content (AvgIpc) is 2.94. The number of aliphatic carboxylic acids is 1. The van der Waals surface area contributed by atoms with E-state index in [-0.39, 0.29) is 0 Å². The van der Waals surface area contributed by atoms with Gasteiger partial charge in [0.05, 0.1) is 6.61 Å². The minimum atomic E-state index is -0.864. The van der Waals surface area contributed by atoms with Crippen LogP contribution in [-0.4, -0.2) is 17.7 Å². The molecule has 3 nitrogen and oxygen atoms in total. The summed E-state index contributed by atoms with van der Waals surface area (Å²) >= 11 is 12.2. The van der Waals surface area contributed by atoms with Crippen molar-refractivity contribution < 1.29 is 14.6 Å². The Morgan fingerprint density at radius 2 is 1.85 bits per heavy atom. The molecule has 1 aliphatic rings. The van der Waals surface area contributed by atoms with Gasteiger partial charge in [-0.25, -0.2) is 4.79 Å². The van der Waals surface area contributed by atoms with Crippen LogP contribution < -0.4 is 4.74 Å². The quantitative estimate of drug-likeness (QED) is 0.627. The number of aryl methyl sites for hydroxylation is 2. The first-order chi connectivity index (χ1) is 12.4. The van der Waals surface area contributed by atoms with Crippen LogP contribution >= 0.6 is 23.2 Å². The molecule has 0 amide bonds. The molecule has 2 aromatic carbocycles. The third kappa shape index (κ3) is 3.89. The standard InChI is InChI=1S/C21H20Cl2O3/c1-12-8-16(9-13(2)20(12)23)26-7-3-4-18-17-6-5-15(22)10-14(17)11-19(18)21(24)25/h5-6,8-10H,3-4,7,11H2,1-2H3,(H,24,25). The molecular formula is C21H20Cl2O3. The summed E-state index contributed by atoms with van der Waals surface area (Å²) in [6, 6.07) is 9.41. The third-order valence-electron chi connectivity index (χ3n) is 4.63. The van der Waals surface area contributed by atoms with Crippen molar-refractivity contribution in [2.24, 2.45) is 0 Å². The minimum absolute atomic E-state index is 0.428. The maximum atomic E-state index is 11.6. The lowest BCUT2D eigenvalue weighted by Crippen LogP contribution is -2.03. The van der Waals surface area contributed by atoms with E-state index in [1.54, 1.807) is 6.07 Å². The van der Waals surface area contributed by atoms with Gasteiger partial charge in [-0.1, -0.05) is 29.3 Å². The Balaban J connectivity index is 1.67. The number of benzene rings is 2. The van der Waals surface area contributed by atoms with Gasteiger partial charge < -0.3 is 9.84 Å². The lowest BCUT2D eigenvalue weighted by Gasteiger charge is -2.11. The van der Waals surface area contributed by atoms with Gasteiger partial charge in [0, 0.05) is 22.0 Å². The van der Waals surface area contributed by atoms with Crippen LogP contribution in [-0.2, 0) is 11.2 Å². The largest absolute Gasteiger partial charge is 0.494 e. The predicted molar refractivity (Wildman–Crippen MR) is 105 cm³/mol. The van der Waals surface area contributed by atoms with Crippen LogP contribution in [0.25, 0.3) is 5.57 Å². The van der Waals surface area contributed by atoms with Gasteiger partial charge in [-0.05, 0) is 78.8 Å². The number of halogens is 2. The summed E-state index contributed by atoms with van der Waals surface area (Å²) in [6.07, 6.45) is 1.81. The van der Waals surface area contributed by atoms with Crippen LogP contribution in [0.4, 0.5) is 0 Å². The molecule has 0 aromatic heterocycles. The number of carboxylic acid groups (broad SMARTS) is 1. The SMILES string of the molecule is Cc1cc(OCCCC2=C(C(=O)O)Cc3cc(Cl)ccc32)cc(C)c1Cl. The summed E-state index contributed by atoms with van der Waals surface area (Å²) < 4.78 is 5.84. The average molecular weight is 391 g/mol. The Labute approximate surface area is 163 Å². The number of fused-ring (bicyclic) bond motifs is 1. The summed E-state index contributed by atoms with van der Waals surface area (Å²) in [4.78, 5) is 11.6. The van der Waals surface area contributed by atoms with Crippen molar-refractivity contribution >= 4 is 34.7 Å². The Hall–Kier alpha value is -1.97. The summed E-state index contributed by atoms with van der Waals surface area (Å²) in [6.45, 7) is 4.42. The first-order valence-corrected chi connectivity index (χ1v) is 9.26. The molecule has 5 heteroatoms. The molecule has 0 bridgehead atoms. The van der Waals surface area contributed by atoms with Crippen molar-refractivity contribution in [1.29, 1.82) is 0 Å². The normalized spacial score (nSPS) is 13.1. The van der Waals surface area contributed by atoms with E-state index in [0.717, 1.165) is 45.0 Å². The summed E-state index contributed by atoms with van der Waals surface area (Å²) in [5, 5.41) is 10.9. The first kappa shape index (κ1) is 18.8. The van der Waals surface area contributed by atoms with Crippen LogP contribution in [0.5, 0.6) is 5.75 Å². The maximum absolute atomic E-state index is 11.6. The number of ether oxygens (including phenoxy) is 1. The minimum Gasteiger partial charge on any atom is -0.494 e. The number of carboxylic acids is 1. The molecule has 0 fully saturated rings. The van der Waals surface area contributed by atoms with E-state index in [4.69, 9.17) is 27.9 Å². The monoisotopic (exact) mass is 390 g/mol. The Morgan fingerprint density at radius 1 is 1.15 bits per heavy atom. The fourth-order valence-corrected chi connectivity index (χ4v) is 3.69. The molecule has 1 N–H and O–H groups in total. The number of rotatable bonds is 6. The second-order valence-electron chi connectivity index (χ2n) is 6.56. The highest BCUT2D eigenvalue weighted by Crippen LogP contribution is 2.37. The lowest BCUT2D eigenvalue weighted by atomic mass is 10.0. The Morgan fingerprint density at radius 3 is 2.50 bits per heavy atom. The van der Waals surface area contributed by atoms with Crippen molar-refractivity contribution in [2.75, 3.05) is 6.61 Å². The lowest BCUT2D eigenvalue weighted by molar-refractivity contribution is -0.132. The fourth-order valence-electron chi connectivity index (χ4n) is 3.38. The van der Waals surface area contributed by atoms with Crippen LogP contribution in [0.15, 0.2) is 35.9 Å². The Kier molecular flexibility index (Phi) is 5.59.